The van der Waals surface area contributed by atoms with Gasteiger partial charge in [0.15, 0.2) is 10.5 Å². The lowest BCUT2D eigenvalue weighted by atomic mass is 10.2. The van der Waals surface area contributed by atoms with Crippen molar-refractivity contribution in [3.05, 3.63) is 60.7 Å². The van der Waals surface area contributed by atoms with Gasteiger partial charge in [-0.05, 0) is 23.8 Å². The third-order valence-electron chi connectivity index (χ3n) is 4.77. The van der Waals surface area contributed by atoms with Gasteiger partial charge < -0.3 is 9.64 Å². The first-order valence-electron chi connectivity index (χ1n) is 9.42. The van der Waals surface area contributed by atoms with E-state index in [4.69, 9.17) is 4.74 Å². The molecule has 29 heavy (non-hydrogen) atoms. The molecule has 146 valence electrons. The molecule has 3 aromatic heterocycles. The standard InChI is InChI=1S/C20H19N7OS/c1-6-23-19(24-7-1)27-12-10-26(11-13-27)14-15-2-4-16(5-3-15)28-20-25-17-18(29-20)22-9-8-21-17/h1-9H,10-14H2. The highest BCUT2D eigenvalue weighted by Gasteiger charge is 2.18. The van der Waals surface area contributed by atoms with Crippen LogP contribution in [-0.2, 0) is 6.54 Å². The van der Waals surface area contributed by atoms with E-state index < -0.39 is 0 Å². The number of thiazole rings is 1. The number of rotatable bonds is 5. The third-order valence-corrected chi connectivity index (χ3v) is 5.60. The molecule has 8 nitrogen and oxygen atoms in total. The Morgan fingerprint density at radius 3 is 2.38 bits per heavy atom. The predicted molar refractivity (Wildman–Crippen MR) is 111 cm³/mol. The van der Waals surface area contributed by atoms with Gasteiger partial charge in [0, 0.05) is 57.5 Å². The second kappa shape index (κ2) is 8.06. The third kappa shape index (κ3) is 4.15. The van der Waals surface area contributed by atoms with Crippen LogP contribution >= 0.6 is 11.3 Å². The smallest absolute Gasteiger partial charge is 0.282 e. The summed E-state index contributed by atoms with van der Waals surface area (Å²) in [6.07, 6.45) is 6.87. The number of hydrogen-bond acceptors (Lipinski definition) is 9. The fourth-order valence-electron chi connectivity index (χ4n) is 3.28. The van der Waals surface area contributed by atoms with Crippen LogP contribution in [0.4, 0.5) is 5.95 Å². The molecule has 0 saturated carbocycles. The van der Waals surface area contributed by atoms with E-state index in [1.54, 1.807) is 24.8 Å². The van der Waals surface area contributed by atoms with Crippen molar-refractivity contribution < 1.29 is 4.74 Å². The Morgan fingerprint density at radius 2 is 1.62 bits per heavy atom. The van der Waals surface area contributed by atoms with Crippen molar-refractivity contribution >= 4 is 27.8 Å². The Balaban J connectivity index is 1.17. The van der Waals surface area contributed by atoms with Crippen LogP contribution in [0.2, 0.25) is 0 Å². The summed E-state index contributed by atoms with van der Waals surface area (Å²) in [5, 5.41) is 0.554. The van der Waals surface area contributed by atoms with Crippen molar-refractivity contribution in [2.75, 3.05) is 31.1 Å². The van der Waals surface area contributed by atoms with E-state index >= 15 is 0 Å². The van der Waals surface area contributed by atoms with Gasteiger partial charge in [-0.15, -0.1) is 0 Å². The van der Waals surface area contributed by atoms with Crippen molar-refractivity contribution in [3.8, 4) is 10.9 Å². The Hall–Kier alpha value is -3.17. The largest absolute Gasteiger partial charge is 0.431 e. The molecule has 5 rings (SSSR count). The van der Waals surface area contributed by atoms with Gasteiger partial charge in [-0.1, -0.05) is 23.5 Å². The summed E-state index contributed by atoms with van der Waals surface area (Å²) >= 11 is 1.39. The number of nitrogens with zero attached hydrogens (tertiary/aromatic N) is 7. The molecule has 0 spiro atoms. The molecule has 1 aromatic carbocycles. The lowest BCUT2D eigenvalue weighted by Gasteiger charge is -2.34. The summed E-state index contributed by atoms with van der Waals surface area (Å²) in [6.45, 7) is 4.76. The number of aromatic nitrogens is 5. The van der Waals surface area contributed by atoms with E-state index in [-0.39, 0.29) is 0 Å². The molecule has 9 heteroatoms. The second-order valence-corrected chi connectivity index (χ2v) is 7.66. The highest BCUT2D eigenvalue weighted by atomic mass is 32.1. The average molecular weight is 405 g/mol. The van der Waals surface area contributed by atoms with Crippen LogP contribution in [0.5, 0.6) is 10.9 Å². The molecule has 1 aliphatic rings. The van der Waals surface area contributed by atoms with Crippen LogP contribution in [0.25, 0.3) is 10.5 Å². The summed E-state index contributed by atoms with van der Waals surface area (Å²) in [4.78, 5) is 26.9. The number of ether oxygens (including phenoxy) is 1. The van der Waals surface area contributed by atoms with Gasteiger partial charge in [0.1, 0.15) is 5.75 Å². The molecule has 1 fully saturated rings. The first-order valence-corrected chi connectivity index (χ1v) is 10.2. The monoisotopic (exact) mass is 405 g/mol. The summed E-state index contributed by atoms with van der Waals surface area (Å²) in [7, 11) is 0. The van der Waals surface area contributed by atoms with Crippen molar-refractivity contribution in [3.63, 3.8) is 0 Å². The van der Waals surface area contributed by atoms with Gasteiger partial charge in [-0.3, -0.25) is 4.90 Å². The molecular formula is C20H19N7OS. The summed E-state index contributed by atoms with van der Waals surface area (Å²) in [5.74, 6) is 1.58. The highest BCUT2D eigenvalue weighted by molar-refractivity contribution is 7.19. The first kappa shape index (κ1) is 17.9. The lowest BCUT2D eigenvalue weighted by molar-refractivity contribution is 0.248. The molecule has 0 radical (unpaired) electrons. The van der Waals surface area contributed by atoms with Gasteiger partial charge in [-0.25, -0.2) is 19.9 Å². The molecule has 0 bridgehead atoms. The Bertz CT molecular complexity index is 1050. The molecule has 4 aromatic rings. The zero-order valence-electron chi connectivity index (χ0n) is 15.7. The van der Waals surface area contributed by atoms with Crippen molar-refractivity contribution in [2.45, 2.75) is 6.54 Å². The van der Waals surface area contributed by atoms with Gasteiger partial charge in [-0.2, -0.15) is 4.98 Å². The fraction of sp³-hybridized carbons (Fsp3) is 0.250. The minimum absolute atomic E-state index is 0.554. The Kier molecular flexibility index (Phi) is 4.97. The number of anilines is 1. The van der Waals surface area contributed by atoms with Gasteiger partial charge >= 0.3 is 0 Å². The number of benzene rings is 1. The van der Waals surface area contributed by atoms with Gasteiger partial charge in [0.25, 0.3) is 5.19 Å². The zero-order chi connectivity index (χ0) is 19.5. The molecule has 0 amide bonds. The van der Waals surface area contributed by atoms with E-state index in [9.17, 15) is 0 Å². The molecule has 0 N–H and O–H groups in total. The Morgan fingerprint density at radius 1 is 0.862 bits per heavy atom. The molecule has 0 unspecified atom stereocenters. The average Bonchev–Trinajstić information content (AvgIpc) is 3.19. The molecular weight excluding hydrogens is 386 g/mol. The zero-order valence-corrected chi connectivity index (χ0v) is 16.5. The van der Waals surface area contributed by atoms with Crippen molar-refractivity contribution in [2.24, 2.45) is 0 Å². The van der Waals surface area contributed by atoms with Crippen LogP contribution < -0.4 is 9.64 Å². The summed E-state index contributed by atoms with van der Waals surface area (Å²) in [6, 6.07) is 10.0. The maximum absolute atomic E-state index is 5.86. The van der Waals surface area contributed by atoms with E-state index in [0.717, 1.165) is 49.3 Å². The van der Waals surface area contributed by atoms with E-state index in [0.29, 0.717) is 10.8 Å². The predicted octanol–water partition coefficient (Wildman–Crippen LogP) is 2.99. The van der Waals surface area contributed by atoms with Crippen molar-refractivity contribution in [1.82, 2.24) is 29.8 Å². The van der Waals surface area contributed by atoms with E-state index in [2.05, 4.69) is 46.9 Å². The Labute approximate surface area is 171 Å². The fourth-order valence-corrected chi connectivity index (χ4v) is 4.02. The first-order chi connectivity index (χ1) is 14.3. The molecule has 1 aliphatic heterocycles. The van der Waals surface area contributed by atoms with Crippen LogP contribution in [0.3, 0.4) is 0 Å². The quantitative estimate of drug-likeness (QED) is 0.501. The maximum atomic E-state index is 5.86. The molecule has 0 atom stereocenters. The van der Waals surface area contributed by atoms with Crippen molar-refractivity contribution in [1.29, 1.82) is 0 Å². The van der Waals surface area contributed by atoms with E-state index in [1.807, 2.05) is 18.2 Å². The second-order valence-electron chi connectivity index (χ2n) is 6.72. The van der Waals surface area contributed by atoms with Crippen LogP contribution in [0.15, 0.2) is 55.1 Å². The van der Waals surface area contributed by atoms with Crippen LogP contribution in [0.1, 0.15) is 5.56 Å². The highest BCUT2D eigenvalue weighted by Crippen LogP contribution is 2.29. The maximum Gasteiger partial charge on any atom is 0.282 e. The minimum atomic E-state index is 0.554. The summed E-state index contributed by atoms with van der Waals surface area (Å²) < 4.78 is 5.86. The van der Waals surface area contributed by atoms with Gasteiger partial charge in [0.2, 0.25) is 5.95 Å². The van der Waals surface area contributed by atoms with Crippen LogP contribution in [-0.4, -0.2) is 56.0 Å². The molecule has 0 aliphatic carbocycles. The minimum Gasteiger partial charge on any atom is -0.431 e. The number of piperazine rings is 1. The summed E-state index contributed by atoms with van der Waals surface area (Å²) in [5.41, 5.74) is 1.87. The molecule has 4 heterocycles. The lowest BCUT2D eigenvalue weighted by Crippen LogP contribution is -2.46. The van der Waals surface area contributed by atoms with Crippen LogP contribution in [0, 0.1) is 0 Å². The number of fused-ring (bicyclic) bond motifs is 1. The van der Waals surface area contributed by atoms with Gasteiger partial charge in [0.05, 0.1) is 0 Å². The molecule has 1 saturated heterocycles. The SMILES string of the molecule is c1cnc(N2CCN(Cc3ccc(Oc4nc5nccnc5s4)cc3)CC2)nc1. The normalized spacial score (nSPS) is 15.0. The number of hydrogen-bond donors (Lipinski definition) is 0. The van der Waals surface area contributed by atoms with E-state index in [1.165, 1.54) is 16.9 Å². The topological polar surface area (TPSA) is 80.2 Å².